The molecule has 3 aromatic heterocycles. The lowest BCUT2D eigenvalue weighted by molar-refractivity contribution is 0.0736. The van der Waals surface area contributed by atoms with Gasteiger partial charge in [-0.05, 0) is 48.4 Å². The van der Waals surface area contributed by atoms with Gasteiger partial charge in [-0.1, -0.05) is 12.1 Å². The van der Waals surface area contributed by atoms with Gasteiger partial charge in [0.05, 0.1) is 26.0 Å². The number of hydrogen-bond acceptors (Lipinski definition) is 6. The van der Waals surface area contributed by atoms with Crippen LogP contribution in [0, 0.1) is 5.92 Å². The number of amides is 1. The minimum Gasteiger partial charge on any atom is -0.493 e. The molecular formula is C27H28N4O4. The largest absolute Gasteiger partial charge is 0.493 e. The first-order valence-electron chi connectivity index (χ1n) is 11.7. The summed E-state index contributed by atoms with van der Waals surface area (Å²) < 4.78 is 19.3. The van der Waals surface area contributed by atoms with E-state index in [0.717, 1.165) is 17.8 Å². The van der Waals surface area contributed by atoms with Gasteiger partial charge in [-0.3, -0.25) is 9.78 Å². The molecule has 1 aromatic carbocycles. The summed E-state index contributed by atoms with van der Waals surface area (Å²) in [6.45, 7) is 2.59. The molecule has 0 N–H and O–H groups in total. The SMILES string of the molecule is COc1ccc(C(=O)N2CCOC[C@H](Cc3ccc4nccn4c3)C2)cc1OCc1ccccn1. The molecule has 180 valence electrons. The number of carbonyl (C=O) groups excluding carboxylic acids is 1. The summed E-state index contributed by atoms with van der Waals surface area (Å²) in [5, 5.41) is 0. The Morgan fingerprint density at radius 2 is 2.06 bits per heavy atom. The molecule has 0 aliphatic carbocycles. The van der Waals surface area contributed by atoms with Crippen LogP contribution in [0.1, 0.15) is 21.6 Å². The third-order valence-corrected chi connectivity index (χ3v) is 6.11. The molecule has 1 fully saturated rings. The Morgan fingerprint density at radius 3 is 2.91 bits per heavy atom. The predicted molar refractivity (Wildman–Crippen MR) is 131 cm³/mol. The number of hydrogen-bond donors (Lipinski definition) is 0. The third kappa shape index (κ3) is 5.44. The minimum absolute atomic E-state index is 0.0455. The van der Waals surface area contributed by atoms with E-state index in [1.165, 1.54) is 5.56 Å². The molecule has 1 saturated heterocycles. The highest BCUT2D eigenvalue weighted by molar-refractivity contribution is 5.95. The number of carbonyl (C=O) groups is 1. The van der Waals surface area contributed by atoms with Crippen molar-refractivity contribution in [2.75, 3.05) is 33.4 Å². The summed E-state index contributed by atoms with van der Waals surface area (Å²) >= 11 is 0. The van der Waals surface area contributed by atoms with Gasteiger partial charge in [-0.2, -0.15) is 0 Å². The molecule has 0 spiro atoms. The first kappa shape index (κ1) is 22.9. The summed E-state index contributed by atoms with van der Waals surface area (Å²) in [5.41, 5.74) is 3.46. The zero-order chi connectivity index (χ0) is 24.0. The highest BCUT2D eigenvalue weighted by atomic mass is 16.5. The summed E-state index contributed by atoms with van der Waals surface area (Å²) in [4.78, 5) is 23.9. The van der Waals surface area contributed by atoms with E-state index in [0.29, 0.717) is 43.4 Å². The van der Waals surface area contributed by atoms with E-state index in [2.05, 4.69) is 22.2 Å². The highest BCUT2D eigenvalue weighted by Gasteiger charge is 2.25. The molecule has 0 bridgehead atoms. The van der Waals surface area contributed by atoms with Crippen LogP contribution in [0.5, 0.6) is 11.5 Å². The van der Waals surface area contributed by atoms with Gasteiger partial charge in [0.2, 0.25) is 0 Å². The molecule has 8 heteroatoms. The van der Waals surface area contributed by atoms with Crippen LogP contribution < -0.4 is 9.47 Å². The smallest absolute Gasteiger partial charge is 0.254 e. The number of pyridine rings is 2. The zero-order valence-electron chi connectivity index (χ0n) is 19.7. The number of methoxy groups -OCH3 is 1. The Kier molecular flexibility index (Phi) is 6.90. The molecule has 5 rings (SSSR count). The average Bonchev–Trinajstić information content (AvgIpc) is 3.24. The Hall–Kier alpha value is -3.91. The Bertz CT molecular complexity index is 1290. The van der Waals surface area contributed by atoms with E-state index in [4.69, 9.17) is 14.2 Å². The van der Waals surface area contributed by atoms with E-state index in [9.17, 15) is 4.79 Å². The molecule has 0 saturated carbocycles. The average molecular weight is 473 g/mol. The monoisotopic (exact) mass is 472 g/mol. The van der Waals surface area contributed by atoms with Gasteiger partial charge in [0, 0.05) is 49.4 Å². The van der Waals surface area contributed by atoms with Crippen LogP contribution in [0.25, 0.3) is 5.65 Å². The lowest BCUT2D eigenvalue weighted by Gasteiger charge is -2.24. The molecule has 1 aliphatic rings. The van der Waals surface area contributed by atoms with Crippen LogP contribution in [0.3, 0.4) is 0 Å². The lowest BCUT2D eigenvalue weighted by Crippen LogP contribution is -2.36. The van der Waals surface area contributed by atoms with Crippen molar-refractivity contribution in [2.24, 2.45) is 5.92 Å². The van der Waals surface area contributed by atoms with Gasteiger partial charge in [-0.25, -0.2) is 4.98 Å². The number of benzene rings is 1. The number of fused-ring (bicyclic) bond motifs is 1. The van der Waals surface area contributed by atoms with Crippen LogP contribution >= 0.6 is 0 Å². The highest BCUT2D eigenvalue weighted by Crippen LogP contribution is 2.29. The maximum atomic E-state index is 13.5. The minimum atomic E-state index is -0.0455. The quantitative estimate of drug-likeness (QED) is 0.409. The topological polar surface area (TPSA) is 78.2 Å². The van der Waals surface area contributed by atoms with Gasteiger partial charge in [-0.15, -0.1) is 0 Å². The fourth-order valence-electron chi connectivity index (χ4n) is 4.35. The van der Waals surface area contributed by atoms with E-state index in [-0.39, 0.29) is 18.4 Å². The molecular weight excluding hydrogens is 444 g/mol. The maximum Gasteiger partial charge on any atom is 0.254 e. The van der Waals surface area contributed by atoms with Gasteiger partial charge in [0.25, 0.3) is 5.91 Å². The van der Waals surface area contributed by atoms with Gasteiger partial charge in [0.1, 0.15) is 12.3 Å². The second-order valence-corrected chi connectivity index (χ2v) is 8.60. The van der Waals surface area contributed by atoms with Gasteiger partial charge >= 0.3 is 0 Å². The van der Waals surface area contributed by atoms with E-state index in [1.54, 1.807) is 37.7 Å². The first-order valence-corrected chi connectivity index (χ1v) is 11.7. The van der Waals surface area contributed by atoms with Crippen molar-refractivity contribution in [3.05, 3.63) is 90.1 Å². The summed E-state index contributed by atoms with van der Waals surface area (Å²) in [6.07, 6.45) is 8.36. The molecule has 4 heterocycles. The Balaban J connectivity index is 1.29. The van der Waals surface area contributed by atoms with Crippen molar-refractivity contribution in [1.29, 1.82) is 0 Å². The molecule has 1 atom stereocenters. The Morgan fingerprint density at radius 1 is 1.11 bits per heavy atom. The van der Waals surface area contributed by atoms with Crippen molar-refractivity contribution in [1.82, 2.24) is 19.3 Å². The summed E-state index contributed by atoms with van der Waals surface area (Å²) in [6, 6.07) is 15.1. The van der Waals surface area contributed by atoms with Crippen molar-refractivity contribution in [2.45, 2.75) is 13.0 Å². The molecule has 1 aliphatic heterocycles. The van der Waals surface area contributed by atoms with E-state index >= 15 is 0 Å². The maximum absolute atomic E-state index is 13.5. The number of ether oxygens (including phenoxy) is 3. The molecule has 0 radical (unpaired) electrons. The fourth-order valence-corrected chi connectivity index (χ4v) is 4.35. The van der Waals surface area contributed by atoms with Crippen LogP contribution in [0.2, 0.25) is 0 Å². The Labute approximate surface area is 204 Å². The molecule has 8 nitrogen and oxygen atoms in total. The van der Waals surface area contributed by atoms with Crippen LogP contribution in [0.15, 0.2) is 73.3 Å². The molecule has 35 heavy (non-hydrogen) atoms. The fraction of sp³-hybridized carbons (Fsp3) is 0.296. The third-order valence-electron chi connectivity index (χ3n) is 6.11. The van der Waals surface area contributed by atoms with E-state index < -0.39 is 0 Å². The molecule has 4 aromatic rings. The zero-order valence-corrected chi connectivity index (χ0v) is 19.7. The van der Waals surface area contributed by atoms with Crippen molar-refractivity contribution in [3.63, 3.8) is 0 Å². The second-order valence-electron chi connectivity index (χ2n) is 8.60. The molecule has 0 unspecified atom stereocenters. The van der Waals surface area contributed by atoms with Crippen molar-refractivity contribution >= 4 is 11.6 Å². The summed E-state index contributed by atoms with van der Waals surface area (Å²) in [5.74, 6) is 1.24. The van der Waals surface area contributed by atoms with E-state index in [1.807, 2.05) is 39.8 Å². The van der Waals surface area contributed by atoms with Gasteiger partial charge < -0.3 is 23.5 Å². The normalized spacial score (nSPS) is 16.1. The van der Waals surface area contributed by atoms with Crippen molar-refractivity contribution in [3.8, 4) is 11.5 Å². The first-order chi connectivity index (χ1) is 17.2. The van der Waals surface area contributed by atoms with Crippen LogP contribution in [-0.4, -0.2) is 58.6 Å². The number of imidazole rings is 1. The molecule has 1 amide bonds. The van der Waals surface area contributed by atoms with Crippen LogP contribution in [-0.2, 0) is 17.8 Å². The van der Waals surface area contributed by atoms with Crippen LogP contribution in [0.4, 0.5) is 0 Å². The second kappa shape index (κ2) is 10.6. The standard InChI is InChI=1S/C27H28N4O4/c1-33-24-7-6-22(15-25(24)35-19-23-4-2-3-9-28-23)27(32)31-12-13-34-18-21(17-31)14-20-5-8-26-29-10-11-30(26)16-20/h2-11,15-16,21H,12-14,17-19H2,1H3/t21-/m1/s1. The van der Waals surface area contributed by atoms with Crippen molar-refractivity contribution < 1.29 is 19.0 Å². The number of aromatic nitrogens is 3. The number of rotatable bonds is 7. The predicted octanol–water partition coefficient (Wildman–Crippen LogP) is 3.65. The number of nitrogens with zero attached hydrogens (tertiary/aromatic N) is 4. The lowest BCUT2D eigenvalue weighted by atomic mass is 10.0. The van der Waals surface area contributed by atoms with Gasteiger partial charge in [0.15, 0.2) is 11.5 Å². The summed E-state index contributed by atoms with van der Waals surface area (Å²) in [7, 11) is 1.59.